The topological polar surface area (TPSA) is 403 Å². The van der Waals surface area contributed by atoms with Crippen LogP contribution in [0.2, 0.25) is 0 Å². The number of nitrogens with two attached hydrogens (primary N) is 5. The molecule has 0 spiro atoms. The van der Waals surface area contributed by atoms with Gasteiger partial charge in [0.05, 0.1) is 0 Å². The number of carbonyl (C=O) groups is 7. The zero-order chi connectivity index (χ0) is 52.6. The molecule has 3 aromatic carbocycles. The normalized spacial score (nSPS) is 13.0. The highest BCUT2D eigenvalue weighted by Crippen LogP contribution is 2.20. The van der Waals surface area contributed by atoms with Gasteiger partial charge in [0.25, 0.3) is 0 Å². The van der Waals surface area contributed by atoms with Crippen LogP contribution in [0.15, 0.2) is 89.0 Å². The van der Waals surface area contributed by atoms with E-state index in [4.69, 9.17) is 28.7 Å². The molecule has 1 aromatic heterocycles. The van der Waals surface area contributed by atoms with Crippen molar-refractivity contribution < 1.29 is 43.8 Å². The summed E-state index contributed by atoms with van der Waals surface area (Å²) in [5, 5.41) is 37.1. The largest absolute Gasteiger partial charge is 0.508 e. The summed E-state index contributed by atoms with van der Waals surface area (Å²) >= 11 is 0. The minimum absolute atomic E-state index is 0.00161. The van der Waals surface area contributed by atoms with Gasteiger partial charge in [0.2, 0.25) is 41.4 Å². The van der Waals surface area contributed by atoms with Crippen LogP contribution in [0.3, 0.4) is 0 Å². The number of aromatic nitrogens is 1. The third-order valence-corrected chi connectivity index (χ3v) is 11.4. The first-order valence-electron chi connectivity index (χ1n) is 23.6. The molecule has 0 fully saturated rings. The molecule has 0 radical (unpaired) electrons. The van der Waals surface area contributed by atoms with Crippen molar-refractivity contribution in [2.75, 3.05) is 19.6 Å². The van der Waals surface area contributed by atoms with Gasteiger partial charge < -0.3 is 75.8 Å². The zero-order valence-electron chi connectivity index (χ0n) is 40.3. The van der Waals surface area contributed by atoms with E-state index in [1.807, 2.05) is 24.3 Å². The van der Waals surface area contributed by atoms with E-state index in [1.54, 1.807) is 30.5 Å². The maximum Gasteiger partial charge on any atom is 0.243 e. The Morgan fingerprint density at radius 2 is 1.06 bits per heavy atom. The second-order valence-electron chi connectivity index (χ2n) is 17.3. The number of rotatable bonds is 30. The third-order valence-electron chi connectivity index (χ3n) is 11.4. The van der Waals surface area contributed by atoms with Crippen LogP contribution in [0.25, 0.3) is 10.9 Å². The average Bonchev–Trinajstić information content (AvgIpc) is 3.74. The number of aromatic amines is 1. The smallest absolute Gasteiger partial charge is 0.243 e. The van der Waals surface area contributed by atoms with Gasteiger partial charge >= 0.3 is 0 Å². The van der Waals surface area contributed by atoms with Crippen LogP contribution in [-0.4, -0.2) is 118 Å². The lowest BCUT2D eigenvalue weighted by Gasteiger charge is -2.25. The zero-order valence-corrected chi connectivity index (χ0v) is 40.3. The number of fused-ring (bicyclic) bond motifs is 1. The Kier molecular flexibility index (Phi) is 22.6. The molecule has 0 bridgehead atoms. The molecule has 388 valence electrons. The van der Waals surface area contributed by atoms with Gasteiger partial charge in [-0.05, 0) is 85.5 Å². The van der Waals surface area contributed by atoms with E-state index in [2.05, 4.69) is 46.9 Å². The highest BCUT2D eigenvalue weighted by atomic mass is 16.3. The van der Waals surface area contributed by atoms with Gasteiger partial charge in [0.1, 0.15) is 41.7 Å². The summed E-state index contributed by atoms with van der Waals surface area (Å²) in [5.41, 5.74) is 30.0. The fraction of sp³-hybridized carbons (Fsp3) is 0.408. The summed E-state index contributed by atoms with van der Waals surface area (Å²) in [6, 6.07) is 14.0. The lowest BCUT2D eigenvalue weighted by molar-refractivity contribution is -0.133. The van der Waals surface area contributed by atoms with Gasteiger partial charge in [-0.15, -0.1) is 0 Å². The first-order chi connectivity index (χ1) is 34.4. The number of primary amides is 1. The number of aromatic hydroxyl groups is 2. The minimum Gasteiger partial charge on any atom is -0.508 e. The van der Waals surface area contributed by atoms with Crippen LogP contribution in [0.5, 0.6) is 11.5 Å². The number of phenols is 2. The van der Waals surface area contributed by atoms with Gasteiger partial charge in [-0.25, -0.2) is 0 Å². The summed E-state index contributed by atoms with van der Waals surface area (Å²) in [5.74, 6) is -4.44. The lowest BCUT2D eigenvalue weighted by atomic mass is 10.0. The summed E-state index contributed by atoms with van der Waals surface area (Å²) in [6.45, 7) is 1.82. The Bertz CT molecular complexity index is 2510. The number of hydrogen-bond donors (Lipinski definition) is 14. The van der Waals surface area contributed by atoms with E-state index in [0.717, 1.165) is 16.5 Å². The third kappa shape index (κ3) is 19.9. The van der Waals surface area contributed by atoms with Crippen molar-refractivity contribution in [1.82, 2.24) is 36.9 Å². The van der Waals surface area contributed by atoms with Crippen LogP contribution >= 0.6 is 0 Å². The number of amides is 7. The van der Waals surface area contributed by atoms with Crippen LogP contribution < -0.4 is 60.6 Å². The van der Waals surface area contributed by atoms with Gasteiger partial charge in [-0.2, -0.15) is 0 Å². The van der Waals surface area contributed by atoms with Crippen LogP contribution in [0, 0.1) is 0 Å². The van der Waals surface area contributed by atoms with Gasteiger partial charge in [-0.3, -0.25) is 43.5 Å². The maximum absolute atomic E-state index is 14.2. The molecule has 0 aliphatic rings. The average molecular weight is 997 g/mol. The molecular formula is C49H68N14O9. The van der Waals surface area contributed by atoms with Crippen molar-refractivity contribution in [3.05, 3.63) is 95.7 Å². The molecule has 4 aromatic rings. The Balaban J connectivity index is 1.40. The molecule has 0 aliphatic heterocycles. The second kappa shape index (κ2) is 29.0. The number of aliphatic imine (C=N–C) groups is 2. The molecule has 19 N–H and O–H groups in total. The lowest BCUT2D eigenvalue weighted by Crippen LogP contribution is -2.57. The van der Waals surface area contributed by atoms with Crippen LogP contribution in [0.1, 0.15) is 75.0 Å². The number of para-hydroxylation sites is 1. The number of guanidine groups is 2. The van der Waals surface area contributed by atoms with Crippen LogP contribution in [0.4, 0.5) is 0 Å². The number of benzene rings is 3. The molecule has 4 rings (SSSR count). The van der Waals surface area contributed by atoms with E-state index < -0.39 is 71.6 Å². The highest BCUT2D eigenvalue weighted by molar-refractivity contribution is 5.95. The fourth-order valence-electron chi connectivity index (χ4n) is 7.70. The number of phenolic OH excluding ortho intramolecular Hbond substituents is 2. The molecule has 72 heavy (non-hydrogen) atoms. The first kappa shape index (κ1) is 56.2. The quantitative estimate of drug-likeness (QED) is 0.0175. The molecule has 5 atom stereocenters. The number of hydrogen-bond acceptors (Lipinski definition) is 11. The minimum atomic E-state index is -1.25. The van der Waals surface area contributed by atoms with Gasteiger partial charge in [-0.1, -0.05) is 48.9 Å². The summed E-state index contributed by atoms with van der Waals surface area (Å²) in [4.78, 5) is 104. The maximum atomic E-state index is 14.2. The number of unbranched alkanes of at least 4 members (excludes halogenated alkanes) is 2. The van der Waals surface area contributed by atoms with Crippen molar-refractivity contribution in [3.63, 3.8) is 0 Å². The monoisotopic (exact) mass is 997 g/mol. The molecule has 23 nitrogen and oxygen atoms in total. The number of H-pyrrole nitrogens is 1. The number of nitrogens with zero attached hydrogens (tertiary/aromatic N) is 2. The van der Waals surface area contributed by atoms with Crippen molar-refractivity contribution in [2.45, 2.75) is 108 Å². The number of nitrogens with one attached hydrogen (secondary N) is 7. The fourth-order valence-corrected chi connectivity index (χ4v) is 7.70. The van der Waals surface area contributed by atoms with Gasteiger partial charge in [0, 0.05) is 69.3 Å². The Hall–Kier alpha value is -8.37. The van der Waals surface area contributed by atoms with E-state index in [1.165, 1.54) is 31.2 Å². The van der Waals surface area contributed by atoms with E-state index in [0.29, 0.717) is 43.2 Å². The van der Waals surface area contributed by atoms with E-state index in [-0.39, 0.29) is 81.6 Å². The Morgan fingerprint density at radius 1 is 0.556 bits per heavy atom. The number of carbonyl (C=O) groups excluding carboxylic acids is 7. The van der Waals surface area contributed by atoms with Crippen molar-refractivity contribution >= 4 is 64.2 Å². The molecule has 7 amide bonds. The Labute approximate surface area is 417 Å². The Morgan fingerprint density at radius 3 is 1.60 bits per heavy atom. The SMILES string of the molecule is CC(=O)N[C@@H](CCCN=C(N)N)C(=O)N[C@@H](Cc1ccc(O)cc1)C(=O)N[C@@H](Cc1ccc(O)cc1)C(=O)NCCCCCC(=O)N[C@@H](Cc1c[nH]c2ccccc12)C(=O)N[C@@H](CCCN=C(N)N)C(N)=O. The predicted octanol–water partition coefficient (Wildman–Crippen LogP) is -0.680. The van der Waals surface area contributed by atoms with Crippen molar-refractivity contribution in [2.24, 2.45) is 38.7 Å². The van der Waals surface area contributed by atoms with Crippen molar-refractivity contribution in [1.29, 1.82) is 0 Å². The molecule has 0 saturated carbocycles. The molecule has 0 saturated heterocycles. The first-order valence-corrected chi connectivity index (χ1v) is 23.6. The van der Waals surface area contributed by atoms with E-state index >= 15 is 0 Å². The van der Waals surface area contributed by atoms with Crippen molar-refractivity contribution in [3.8, 4) is 11.5 Å². The standard InChI is InChI=1S/C49H68N14O9/c1-29(64)59-38(12-8-24-57-49(53)54)45(70)63-40(26-31-16-20-34(66)21-17-31)46(71)62-39(25-30-14-18-33(65)19-15-30)44(69)55-22-6-2-3-13-42(67)60-41(27-32-28-58-36-10-5-4-9-35(32)36)47(72)61-37(43(50)68)11-7-23-56-48(51)52/h4-5,9-10,14-21,28,37-41,58,65-66H,2-3,6-8,11-13,22-27H2,1H3,(H2,50,68)(H,55,69)(H,59,64)(H,60,67)(H,61,72)(H,62,71)(H,63,70)(H4,51,52,56)(H4,53,54,57)/t37-,38-,39-,40-,41-/m0/s1. The second-order valence-corrected chi connectivity index (χ2v) is 17.3. The molecular weight excluding hydrogens is 929 g/mol. The molecule has 0 unspecified atom stereocenters. The molecule has 0 aliphatic carbocycles. The highest BCUT2D eigenvalue weighted by Gasteiger charge is 2.31. The van der Waals surface area contributed by atoms with Gasteiger partial charge in [0.15, 0.2) is 11.9 Å². The summed E-state index contributed by atoms with van der Waals surface area (Å²) < 4.78 is 0. The molecule has 23 heteroatoms. The van der Waals surface area contributed by atoms with Crippen LogP contribution in [-0.2, 0) is 52.8 Å². The van der Waals surface area contributed by atoms with E-state index in [9.17, 15) is 43.8 Å². The predicted molar refractivity (Wildman–Crippen MR) is 271 cm³/mol. The molecule has 1 heterocycles. The summed E-state index contributed by atoms with van der Waals surface area (Å²) in [7, 11) is 0. The summed E-state index contributed by atoms with van der Waals surface area (Å²) in [6.07, 6.45) is 4.15.